The zero-order valence-corrected chi connectivity index (χ0v) is 16.8. The number of thioether (sulfide) groups is 1. The van der Waals surface area contributed by atoms with E-state index in [9.17, 15) is 14.4 Å². The van der Waals surface area contributed by atoms with Gasteiger partial charge in [-0.2, -0.15) is 0 Å². The lowest BCUT2D eigenvalue weighted by molar-refractivity contribution is -0.123. The second-order valence-electron chi connectivity index (χ2n) is 6.37. The topological polar surface area (TPSA) is 84.9 Å². The van der Waals surface area contributed by atoms with Gasteiger partial charge in [-0.25, -0.2) is 0 Å². The molecular weight excluding hydrogens is 416 g/mol. The number of rotatable bonds is 4. The minimum atomic E-state index is -0.389. The molecular formula is C20H15ClN2O5S. The van der Waals surface area contributed by atoms with E-state index < -0.39 is 0 Å². The molecule has 4 rings (SSSR count). The number of nitrogens with zero attached hydrogens (tertiary/aromatic N) is 1. The molecule has 0 unspecified atom stereocenters. The maximum absolute atomic E-state index is 12.7. The summed E-state index contributed by atoms with van der Waals surface area (Å²) in [4.78, 5) is 37.7. The molecule has 2 aliphatic rings. The van der Waals surface area contributed by atoms with E-state index >= 15 is 0 Å². The normalized spacial score (nSPS) is 16.6. The smallest absolute Gasteiger partial charge is 0.293 e. The van der Waals surface area contributed by atoms with Gasteiger partial charge in [0.1, 0.15) is 0 Å². The molecule has 1 saturated heterocycles. The number of amides is 3. The Morgan fingerprint density at radius 2 is 1.90 bits per heavy atom. The molecule has 0 bridgehead atoms. The van der Waals surface area contributed by atoms with Gasteiger partial charge < -0.3 is 14.8 Å². The predicted octanol–water partition coefficient (Wildman–Crippen LogP) is 4.26. The SMILES string of the molecule is CC(=O)Nc1ccc(/C=C2/SC(=O)N(Cc3cc4c(cc3Cl)OCO4)C2=O)cc1. The van der Waals surface area contributed by atoms with Crippen molar-refractivity contribution in [2.24, 2.45) is 0 Å². The predicted molar refractivity (Wildman–Crippen MR) is 110 cm³/mol. The standard InChI is InChI=1S/C20H15ClN2O5S/c1-11(24)22-14-4-2-12(3-5-14)6-18-19(25)23(20(26)29-18)9-13-7-16-17(8-15(13)21)28-10-27-16/h2-8H,9-10H2,1H3,(H,22,24)/b18-6+. The van der Waals surface area contributed by atoms with E-state index in [1.807, 2.05) is 0 Å². The minimum absolute atomic E-state index is 0.0406. The van der Waals surface area contributed by atoms with E-state index in [-0.39, 0.29) is 30.4 Å². The van der Waals surface area contributed by atoms with Crippen LogP contribution < -0.4 is 14.8 Å². The average molecular weight is 431 g/mol. The quantitative estimate of drug-likeness (QED) is 0.729. The number of benzene rings is 2. The molecule has 0 radical (unpaired) electrons. The van der Waals surface area contributed by atoms with Crippen LogP contribution in [0.25, 0.3) is 6.08 Å². The number of carbonyl (C=O) groups is 3. The summed E-state index contributed by atoms with van der Waals surface area (Å²) in [6.07, 6.45) is 1.64. The highest BCUT2D eigenvalue weighted by molar-refractivity contribution is 8.18. The van der Waals surface area contributed by atoms with Crippen LogP contribution in [0.3, 0.4) is 0 Å². The number of fused-ring (bicyclic) bond motifs is 1. The first-order valence-electron chi connectivity index (χ1n) is 8.62. The molecule has 9 heteroatoms. The lowest BCUT2D eigenvalue weighted by Gasteiger charge is -2.14. The number of hydrogen-bond acceptors (Lipinski definition) is 6. The molecule has 2 aromatic carbocycles. The number of carbonyl (C=O) groups excluding carboxylic acids is 3. The van der Waals surface area contributed by atoms with Crippen molar-refractivity contribution in [2.45, 2.75) is 13.5 Å². The van der Waals surface area contributed by atoms with Crippen molar-refractivity contribution >= 4 is 52.2 Å². The van der Waals surface area contributed by atoms with Crippen LogP contribution in [-0.2, 0) is 16.1 Å². The van der Waals surface area contributed by atoms with Crippen molar-refractivity contribution < 1.29 is 23.9 Å². The van der Waals surface area contributed by atoms with Gasteiger partial charge in [-0.1, -0.05) is 23.7 Å². The summed E-state index contributed by atoms with van der Waals surface area (Å²) in [7, 11) is 0. The van der Waals surface area contributed by atoms with E-state index in [1.54, 1.807) is 42.5 Å². The third-order valence-electron chi connectivity index (χ3n) is 4.27. The van der Waals surface area contributed by atoms with Crippen LogP contribution in [0, 0.1) is 0 Å². The van der Waals surface area contributed by atoms with Gasteiger partial charge in [0.2, 0.25) is 12.7 Å². The van der Waals surface area contributed by atoms with Crippen LogP contribution in [0.4, 0.5) is 10.5 Å². The third-order valence-corrected chi connectivity index (χ3v) is 5.53. The largest absolute Gasteiger partial charge is 0.454 e. The third kappa shape index (κ3) is 4.08. The van der Waals surface area contributed by atoms with Gasteiger partial charge in [0.05, 0.1) is 11.4 Å². The fourth-order valence-electron chi connectivity index (χ4n) is 2.90. The van der Waals surface area contributed by atoms with Gasteiger partial charge in [0.15, 0.2) is 11.5 Å². The zero-order valence-electron chi connectivity index (χ0n) is 15.2. The fourth-order valence-corrected chi connectivity index (χ4v) is 3.96. The molecule has 2 aliphatic heterocycles. The van der Waals surface area contributed by atoms with E-state index in [1.165, 1.54) is 6.92 Å². The van der Waals surface area contributed by atoms with Crippen molar-refractivity contribution in [2.75, 3.05) is 12.1 Å². The van der Waals surface area contributed by atoms with Crippen molar-refractivity contribution in [3.05, 3.63) is 57.5 Å². The van der Waals surface area contributed by atoms with E-state index in [2.05, 4.69) is 5.32 Å². The molecule has 1 fully saturated rings. The Bertz CT molecular complexity index is 1050. The van der Waals surface area contributed by atoms with Crippen molar-refractivity contribution in [3.8, 4) is 11.5 Å². The second kappa shape index (κ2) is 7.81. The van der Waals surface area contributed by atoms with E-state index in [0.29, 0.717) is 32.7 Å². The molecule has 0 atom stereocenters. The molecule has 0 aliphatic carbocycles. The molecule has 0 saturated carbocycles. The van der Waals surface area contributed by atoms with Crippen molar-refractivity contribution in [3.63, 3.8) is 0 Å². The van der Waals surface area contributed by atoms with Gasteiger partial charge in [0, 0.05) is 23.7 Å². The summed E-state index contributed by atoms with van der Waals surface area (Å²) in [6, 6.07) is 10.3. The molecule has 2 aromatic rings. The number of imide groups is 1. The molecule has 0 spiro atoms. The maximum Gasteiger partial charge on any atom is 0.293 e. The van der Waals surface area contributed by atoms with E-state index in [0.717, 1.165) is 22.2 Å². The van der Waals surface area contributed by atoms with Crippen LogP contribution in [0.2, 0.25) is 5.02 Å². The molecule has 2 heterocycles. The lowest BCUT2D eigenvalue weighted by Crippen LogP contribution is -2.27. The average Bonchev–Trinajstić information content (AvgIpc) is 3.22. The van der Waals surface area contributed by atoms with Crippen LogP contribution in [-0.4, -0.2) is 28.7 Å². The number of hydrogen-bond donors (Lipinski definition) is 1. The highest BCUT2D eigenvalue weighted by atomic mass is 35.5. The van der Waals surface area contributed by atoms with E-state index in [4.69, 9.17) is 21.1 Å². The molecule has 3 amide bonds. The Hall–Kier alpha value is -2.97. The molecule has 29 heavy (non-hydrogen) atoms. The molecule has 0 aromatic heterocycles. The van der Waals surface area contributed by atoms with Gasteiger partial charge in [-0.3, -0.25) is 19.3 Å². The second-order valence-corrected chi connectivity index (χ2v) is 7.77. The summed E-state index contributed by atoms with van der Waals surface area (Å²) in [6.45, 7) is 1.58. The fraction of sp³-hybridized carbons (Fsp3) is 0.150. The Balaban J connectivity index is 1.52. The molecule has 148 valence electrons. The lowest BCUT2D eigenvalue weighted by atomic mass is 10.1. The maximum atomic E-state index is 12.7. The van der Waals surface area contributed by atoms with Gasteiger partial charge >= 0.3 is 0 Å². The van der Waals surface area contributed by atoms with Gasteiger partial charge in [-0.05, 0) is 47.2 Å². The van der Waals surface area contributed by atoms with Crippen LogP contribution in [0.5, 0.6) is 11.5 Å². The number of nitrogens with one attached hydrogen (secondary N) is 1. The first-order valence-corrected chi connectivity index (χ1v) is 9.81. The first kappa shape index (κ1) is 19.4. The number of halogens is 1. The molecule has 7 nitrogen and oxygen atoms in total. The van der Waals surface area contributed by atoms with Crippen LogP contribution >= 0.6 is 23.4 Å². The highest BCUT2D eigenvalue weighted by Crippen LogP contribution is 2.39. The summed E-state index contributed by atoms with van der Waals surface area (Å²) in [5, 5.41) is 2.70. The Kier molecular flexibility index (Phi) is 5.21. The number of anilines is 1. The number of ether oxygens (including phenoxy) is 2. The van der Waals surface area contributed by atoms with Crippen molar-refractivity contribution in [1.29, 1.82) is 0 Å². The first-order chi connectivity index (χ1) is 13.9. The van der Waals surface area contributed by atoms with Gasteiger partial charge in [-0.15, -0.1) is 0 Å². The van der Waals surface area contributed by atoms with Gasteiger partial charge in [0.25, 0.3) is 11.1 Å². The summed E-state index contributed by atoms with van der Waals surface area (Å²) >= 11 is 7.13. The minimum Gasteiger partial charge on any atom is -0.454 e. The van der Waals surface area contributed by atoms with Crippen LogP contribution in [0.15, 0.2) is 41.3 Å². The van der Waals surface area contributed by atoms with Crippen LogP contribution in [0.1, 0.15) is 18.1 Å². The summed E-state index contributed by atoms with van der Waals surface area (Å²) in [5.74, 6) is 0.516. The summed E-state index contributed by atoms with van der Waals surface area (Å²) in [5.41, 5.74) is 1.99. The van der Waals surface area contributed by atoms with Crippen molar-refractivity contribution in [1.82, 2.24) is 4.90 Å². The Labute approximate surface area is 175 Å². The zero-order chi connectivity index (χ0) is 20.5. The molecule has 1 N–H and O–H groups in total. The monoisotopic (exact) mass is 430 g/mol. The Morgan fingerprint density at radius 3 is 2.59 bits per heavy atom. The Morgan fingerprint density at radius 1 is 1.21 bits per heavy atom. The highest BCUT2D eigenvalue weighted by Gasteiger charge is 2.35. The summed E-state index contributed by atoms with van der Waals surface area (Å²) < 4.78 is 10.6.